The molecule has 10 heteroatoms. The molecule has 4 rings (SSSR count). The SMILES string of the molecule is CN1C[C@@H](COCC2CC2)[C@H]2CCN(Cc3ccoc3)CC[C@H]2C1=O.O=C(O)C(F)(F)F. The Morgan fingerprint density at radius 1 is 1.22 bits per heavy atom. The van der Waals surface area contributed by atoms with Crippen LogP contribution in [0.2, 0.25) is 0 Å². The highest BCUT2D eigenvalue weighted by atomic mass is 19.4. The summed E-state index contributed by atoms with van der Waals surface area (Å²) in [4.78, 5) is 26.0. The number of rotatable bonds is 6. The van der Waals surface area contributed by atoms with E-state index < -0.39 is 12.1 Å². The van der Waals surface area contributed by atoms with Gasteiger partial charge in [0.25, 0.3) is 0 Å². The molecule has 1 aromatic heterocycles. The van der Waals surface area contributed by atoms with Gasteiger partial charge < -0.3 is 19.2 Å². The number of amides is 1. The third-order valence-electron chi connectivity index (χ3n) is 6.47. The van der Waals surface area contributed by atoms with E-state index in [-0.39, 0.29) is 5.92 Å². The maximum Gasteiger partial charge on any atom is 0.490 e. The highest BCUT2D eigenvalue weighted by Gasteiger charge is 2.42. The standard InChI is InChI=1S/C20H30N2O3.C2HF3O2/c1-21-11-17(14-25-12-15-2-3-15)18-4-7-22(8-5-19(18)20(21)23)10-16-6-9-24-13-16;3-2(4,5)1(6)7/h6,9,13,15,17-19H,2-5,7-8,10-12,14H2,1H3;(H,6,7)/t17-,18+,19+;/m0./s1. The van der Waals surface area contributed by atoms with E-state index in [1.54, 1.807) is 6.26 Å². The highest BCUT2D eigenvalue weighted by Crippen LogP contribution is 2.37. The molecular formula is C22H31F3N2O5. The van der Waals surface area contributed by atoms with Crippen molar-refractivity contribution in [1.82, 2.24) is 9.80 Å². The molecule has 180 valence electrons. The van der Waals surface area contributed by atoms with E-state index in [1.807, 2.05) is 24.3 Å². The Balaban J connectivity index is 0.000000360. The van der Waals surface area contributed by atoms with Crippen molar-refractivity contribution in [3.05, 3.63) is 24.2 Å². The van der Waals surface area contributed by atoms with Gasteiger partial charge in [0.2, 0.25) is 5.91 Å². The summed E-state index contributed by atoms with van der Waals surface area (Å²) in [5, 5.41) is 7.12. The van der Waals surface area contributed by atoms with Crippen LogP contribution in [0.1, 0.15) is 31.2 Å². The zero-order valence-electron chi connectivity index (χ0n) is 18.2. The predicted molar refractivity (Wildman–Crippen MR) is 109 cm³/mol. The Labute approximate surface area is 185 Å². The van der Waals surface area contributed by atoms with Gasteiger partial charge in [-0.05, 0) is 56.7 Å². The summed E-state index contributed by atoms with van der Waals surface area (Å²) in [6.45, 7) is 5.55. The molecule has 1 amide bonds. The summed E-state index contributed by atoms with van der Waals surface area (Å²) in [5.41, 5.74) is 1.22. The lowest BCUT2D eigenvalue weighted by atomic mass is 9.75. The molecule has 32 heavy (non-hydrogen) atoms. The van der Waals surface area contributed by atoms with Gasteiger partial charge in [-0.2, -0.15) is 13.2 Å². The van der Waals surface area contributed by atoms with Gasteiger partial charge in [0, 0.05) is 44.1 Å². The van der Waals surface area contributed by atoms with Gasteiger partial charge in [-0.15, -0.1) is 0 Å². The second kappa shape index (κ2) is 10.7. The Morgan fingerprint density at radius 3 is 2.50 bits per heavy atom. The predicted octanol–water partition coefficient (Wildman–Crippen LogP) is 3.26. The van der Waals surface area contributed by atoms with Crippen LogP contribution < -0.4 is 0 Å². The highest BCUT2D eigenvalue weighted by molar-refractivity contribution is 5.79. The van der Waals surface area contributed by atoms with Crippen molar-refractivity contribution in [3.63, 3.8) is 0 Å². The fourth-order valence-corrected chi connectivity index (χ4v) is 4.56. The monoisotopic (exact) mass is 460 g/mol. The van der Waals surface area contributed by atoms with Gasteiger partial charge in [-0.3, -0.25) is 9.69 Å². The number of hydrogen-bond acceptors (Lipinski definition) is 5. The number of nitrogens with zero attached hydrogens (tertiary/aromatic N) is 2. The first-order valence-electron chi connectivity index (χ1n) is 11.0. The van der Waals surface area contributed by atoms with Crippen molar-refractivity contribution in [2.24, 2.45) is 23.7 Å². The summed E-state index contributed by atoms with van der Waals surface area (Å²) in [6.07, 6.45) is 3.20. The molecule has 1 aromatic rings. The third-order valence-corrected chi connectivity index (χ3v) is 6.47. The Bertz CT molecular complexity index is 751. The second-order valence-corrected chi connectivity index (χ2v) is 9.02. The zero-order valence-corrected chi connectivity index (χ0v) is 18.2. The molecule has 3 aliphatic rings. The topological polar surface area (TPSA) is 83.2 Å². The van der Waals surface area contributed by atoms with Gasteiger partial charge in [-0.25, -0.2) is 4.79 Å². The number of carboxylic acids is 1. The largest absolute Gasteiger partial charge is 0.490 e. The fraction of sp³-hybridized carbons (Fsp3) is 0.727. The minimum Gasteiger partial charge on any atom is -0.475 e. The minimum atomic E-state index is -5.08. The van der Waals surface area contributed by atoms with E-state index in [4.69, 9.17) is 19.1 Å². The summed E-state index contributed by atoms with van der Waals surface area (Å²) in [7, 11) is 1.96. The Hall–Kier alpha value is -2.07. The number of likely N-dealkylation sites (tertiary alicyclic amines) is 2. The summed E-state index contributed by atoms with van der Waals surface area (Å²) in [6, 6.07) is 2.03. The molecule has 0 bridgehead atoms. The molecule has 2 aliphatic heterocycles. The summed E-state index contributed by atoms with van der Waals surface area (Å²) in [5.74, 6) is -0.486. The maximum absolute atomic E-state index is 12.7. The normalized spacial score (nSPS) is 26.7. The minimum absolute atomic E-state index is 0.169. The molecule has 0 radical (unpaired) electrons. The van der Waals surface area contributed by atoms with Crippen LogP contribution in [0.4, 0.5) is 13.2 Å². The van der Waals surface area contributed by atoms with Crippen molar-refractivity contribution < 1.29 is 37.0 Å². The van der Waals surface area contributed by atoms with E-state index in [0.29, 0.717) is 17.7 Å². The number of ether oxygens (including phenoxy) is 1. The first kappa shape index (κ1) is 24.6. The molecule has 1 aliphatic carbocycles. The van der Waals surface area contributed by atoms with E-state index >= 15 is 0 Å². The average molecular weight is 460 g/mol. The second-order valence-electron chi connectivity index (χ2n) is 9.02. The van der Waals surface area contributed by atoms with Gasteiger partial charge in [0.1, 0.15) is 0 Å². The van der Waals surface area contributed by atoms with Crippen LogP contribution in [0.5, 0.6) is 0 Å². The van der Waals surface area contributed by atoms with Gasteiger partial charge >= 0.3 is 12.1 Å². The number of furan rings is 1. The molecule has 7 nitrogen and oxygen atoms in total. The lowest BCUT2D eigenvalue weighted by molar-refractivity contribution is -0.192. The van der Waals surface area contributed by atoms with Crippen LogP contribution in [0.3, 0.4) is 0 Å². The van der Waals surface area contributed by atoms with Crippen LogP contribution >= 0.6 is 0 Å². The molecule has 0 aromatic carbocycles. The molecule has 2 saturated heterocycles. The number of aliphatic carboxylic acids is 1. The number of fused-ring (bicyclic) bond motifs is 1. The molecule has 0 unspecified atom stereocenters. The summed E-state index contributed by atoms with van der Waals surface area (Å²) < 4.78 is 42.9. The van der Waals surface area contributed by atoms with E-state index in [2.05, 4.69) is 4.90 Å². The van der Waals surface area contributed by atoms with Crippen LogP contribution in [-0.2, 0) is 20.9 Å². The van der Waals surface area contributed by atoms with Crippen molar-refractivity contribution >= 4 is 11.9 Å². The maximum atomic E-state index is 12.7. The van der Waals surface area contributed by atoms with Crippen LogP contribution in [-0.4, -0.2) is 72.9 Å². The lowest BCUT2D eigenvalue weighted by Gasteiger charge is -2.41. The number of carbonyl (C=O) groups excluding carboxylic acids is 1. The molecule has 0 spiro atoms. The van der Waals surface area contributed by atoms with E-state index in [0.717, 1.165) is 58.2 Å². The number of alkyl halides is 3. The summed E-state index contributed by atoms with van der Waals surface area (Å²) >= 11 is 0. The third kappa shape index (κ3) is 6.96. The number of carboxylic acid groups (broad SMARTS) is 1. The molecule has 3 atom stereocenters. The molecule has 1 N–H and O–H groups in total. The smallest absolute Gasteiger partial charge is 0.475 e. The van der Waals surface area contributed by atoms with Crippen LogP contribution in [0.15, 0.2) is 23.0 Å². The molecular weight excluding hydrogens is 429 g/mol. The molecule has 3 heterocycles. The Kier molecular flexibility index (Phi) is 8.21. The zero-order chi connectivity index (χ0) is 23.3. The van der Waals surface area contributed by atoms with Crippen molar-refractivity contribution in [2.45, 2.75) is 38.4 Å². The van der Waals surface area contributed by atoms with E-state index in [9.17, 15) is 18.0 Å². The van der Waals surface area contributed by atoms with Gasteiger partial charge in [-0.1, -0.05) is 0 Å². The lowest BCUT2D eigenvalue weighted by Crippen LogP contribution is -2.50. The van der Waals surface area contributed by atoms with Crippen LogP contribution in [0.25, 0.3) is 0 Å². The van der Waals surface area contributed by atoms with Crippen LogP contribution in [0, 0.1) is 23.7 Å². The first-order chi connectivity index (χ1) is 15.1. The van der Waals surface area contributed by atoms with Crippen molar-refractivity contribution in [1.29, 1.82) is 0 Å². The molecule has 3 fully saturated rings. The number of carbonyl (C=O) groups is 2. The quantitative estimate of drug-likeness (QED) is 0.702. The van der Waals surface area contributed by atoms with Gasteiger partial charge in [0.15, 0.2) is 0 Å². The van der Waals surface area contributed by atoms with Crippen molar-refractivity contribution in [3.8, 4) is 0 Å². The molecule has 1 saturated carbocycles. The number of piperidine rings is 1. The van der Waals surface area contributed by atoms with Gasteiger partial charge in [0.05, 0.1) is 19.1 Å². The Morgan fingerprint density at radius 2 is 1.91 bits per heavy atom. The average Bonchev–Trinajstić information content (AvgIpc) is 3.45. The van der Waals surface area contributed by atoms with E-state index in [1.165, 1.54) is 18.4 Å². The van der Waals surface area contributed by atoms with Crippen molar-refractivity contribution in [2.75, 3.05) is 39.9 Å². The fourth-order valence-electron chi connectivity index (χ4n) is 4.56. The first-order valence-corrected chi connectivity index (χ1v) is 11.0. The number of hydrogen-bond donors (Lipinski definition) is 1. The number of halogens is 3.